The summed E-state index contributed by atoms with van der Waals surface area (Å²) in [4.78, 5) is 37.2. The van der Waals surface area contributed by atoms with E-state index < -0.39 is 29.2 Å². The van der Waals surface area contributed by atoms with Crippen LogP contribution in [0.1, 0.15) is 48.7 Å². The van der Waals surface area contributed by atoms with Gasteiger partial charge in [-0.2, -0.15) is 0 Å². The Kier molecular flexibility index (Phi) is 7.29. The standard InChI is InChI=1S/C26H29NO7/c1-5-15-32-22(28)18-10-6-7-11-20(18)33-21-12-8-9-17-13-14-26(23(29)30,16-19(17)21)27-24(31)34-25(2,3)4/h5-12H,1,13-16H2,2-4H3,(H,27,31)(H,29,30)/t26-/m0/s1. The number of ether oxygens (including phenoxy) is 3. The van der Waals surface area contributed by atoms with Gasteiger partial charge in [-0.1, -0.05) is 36.9 Å². The van der Waals surface area contributed by atoms with E-state index in [9.17, 15) is 19.5 Å². The monoisotopic (exact) mass is 467 g/mol. The molecule has 0 spiro atoms. The van der Waals surface area contributed by atoms with Crippen LogP contribution in [-0.2, 0) is 27.1 Å². The zero-order chi connectivity index (χ0) is 24.9. The van der Waals surface area contributed by atoms with Crippen LogP contribution in [0.25, 0.3) is 0 Å². The second-order valence-corrected chi connectivity index (χ2v) is 9.07. The number of alkyl carbamates (subject to hydrolysis) is 1. The van der Waals surface area contributed by atoms with Gasteiger partial charge in [-0.15, -0.1) is 0 Å². The fourth-order valence-electron chi connectivity index (χ4n) is 3.78. The average Bonchev–Trinajstić information content (AvgIpc) is 2.76. The van der Waals surface area contributed by atoms with E-state index in [4.69, 9.17) is 14.2 Å². The minimum absolute atomic E-state index is 0.00381. The summed E-state index contributed by atoms with van der Waals surface area (Å²) in [5, 5.41) is 12.6. The summed E-state index contributed by atoms with van der Waals surface area (Å²) in [6, 6.07) is 12.0. The average molecular weight is 468 g/mol. The van der Waals surface area contributed by atoms with Gasteiger partial charge in [0.25, 0.3) is 0 Å². The first-order valence-corrected chi connectivity index (χ1v) is 10.9. The molecular formula is C26H29NO7. The molecule has 1 aliphatic rings. The first-order chi connectivity index (χ1) is 16.0. The first-order valence-electron chi connectivity index (χ1n) is 10.9. The van der Waals surface area contributed by atoms with Crippen LogP contribution in [-0.4, -0.2) is 40.9 Å². The number of nitrogens with one attached hydrogen (secondary N) is 1. The van der Waals surface area contributed by atoms with Gasteiger partial charge in [-0.3, -0.25) is 0 Å². The molecule has 2 aromatic carbocycles. The van der Waals surface area contributed by atoms with Gasteiger partial charge in [0.2, 0.25) is 0 Å². The van der Waals surface area contributed by atoms with Crippen molar-refractivity contribution in [2.75, 3.05) is 6.61 Å². The second-order valence-electron chi connectivity index (χ2n) is 9.07. The Morgan fingerprint density at radius 3 is 2.50 bits per heavy atom. The summed E-state index contributed by atoms with van der Waals surface area (Å²) >= 11 is 0. The lowest BCUT2D eigenvalue weighted by Crippen LogP contribution is -2.58. The van der Waals surface area contributed by atoms with E-state index in [1.54, 1.807) is 51.1 Å². The molecule has 3 rings (SSSR count). The van der Waals surface area contributed by atoms with Gasteiger partial charge < -0.3 is 24.6 Å². The lowest BCUT2D eigenvalue weighted by Gasteiger charge is -2.36. The fourth-order valence-corrected chi connectivity index (χ4v) is 3.78. The number of aliphatic carboxylic acids is 1. The molecule has 0 saturated heterocycles. The number of carboxylic acids is 1. The highest BCUT2D eigenvalue weighted by Crippen LogP contribution is 2.38. The molecule has 0 aliphatic heterocycles. The van der Waals surface area contributed by atoms with Crippen molar-refractivity contribution in [3.63, 3.8) is 0 Å². The van der Waals surface area contributed by atoms with E-state index in [0.717, 1.165) is 5.56 Å². The fraction of sp³-hybridized carbons (Fsp3) is 0.346. The summed E-state index contributed by atoms with van der Waals surface area (Å²) in [5.41, 5.74) is -0.547. The summed E-state index contributed by atoms with van der Waals surface area (Å²) in [5.74, 6) is -1.05. The molecule has 1 atom stereocenters. The predicted molar refractivity (Wildman–Crippen MR) is 125 cm³/mol. The molecule has 2 N–H and O–H groups in total. The molecule has 0 heterocycles. The highest BCUT2D eigenvalue weighted by atomic mass is 16.6. The highest BCUT2D eigenvalue weighted by molar-refractivity contribution is 5.92. The number of carboxylic acid groups (broad SMARTS) is 1. The zero-order valence-electron chi connectivity index (χ0n) is 19.6. The Bertz CT molecular complexity index is 1100. The van der Waals surface area contributed by atoms with Gasteiger partial charge >= 0.3 is 18.0 Å². The van der Waals surface area contributed by atoms with Gasteiger partial charge in [-0.25, -0.2) is 14.4 Å². The van der Waals surface area contributed by atoms with Gasteiger partial charge in [0, 0.05) is 12.0 Å². The minimum atomic E-state index is -1.56. The van der Waals surface area contributed by atoms with Crippen LogP contribution in [0.5, 0.6) is 11.5 Å². The number of para-hydroxylation sites is 1. The Morgan fingerprint density at radius 1 is 1.12 bits per heavy atom. The molecule has 0 aromatic heterocycles. The van der Waals surface area contributed by atoms with E-state index in [1.165, 1.54) is 6.08 Å². The third-order valence-corrected chi connectivity index (χ3v) is 5.34. The smallest absolute Gasteiger partial charge is 0.408 e. The maximum Gasteiger partial charge on any atom is 0.408 e. The normalized spacial score (nSPS) is 17.1. The zero-order valence-corrected chi connectivity index (χ0v) is 19.6. The van der Waals surface area contributed by atoms with Crippen LogP contribution in [0.2, 0.25) is 0 Å². The highest BCUT2D eigenvalue weighted by Gasteiger charge is 2.45. The van der Waals surface area contributed by atoms with Crippen LogP contribution < -0.4 is 10.1 Å². The summed E-state index contributed by atoms with van der Waals surface area (Å²) in [7, 11) is 0. The van der Waals surface area contributed by atoms with Crippen molar-refractivity contribution in [3.05, 3.63) is 71.8 Å². The molecule has 8 nitrogen and oxygen atoms in total. The third kappa shape index (κ3) is 5.75. The number of esters is 1. The number of hydrogen-bond donors (Lipinski definition) is 2. The summed E-state index contributed by atoms with van der Waals surface area (Å²) in [6.45, 7) is 8.72. The second kappa shape index (κ2) is 9.99. The Hall–Kier alpha value is -3.81. The Balaban J connectivity index is 1.92. The minimum Gasteiger partial charge on any atom is -0.479 e. The molecule has 2 aromatic rings. The molecule has 0 saturated carbocycles. The van der Waals surface area contributed by atoms with Crippen molar-refractivity contribution in [1.29, 1.82) is 0 Å². The number of rotatable bonds is 7. The number of aryl methyl sites for hydroxylation is 1. The van der Waals surface area contributed by atoms with E-state index in [2.05, 4.69) is 11.9 Å². The number of carbonyl (C=O) groups excluding carboxylic acids is 2. The van der Waals surface area contributed by atoms with Gasteiger partial charge in [0.05, 0.1) is 0 Å². The number of amides is 1. The number of fused-ring (bicyclic) bond motifs is 1. The molecule has 1 amide bonds. The van der Waals surface area contributed by atoms with Crippen molar-refractivity contribution < 1.29 is 33.7 Å². The summed E-state index contributed by atoms with van der Waals surface area (Å²) < 4.78 is 16.5. The molecule has 180 valence electrons. The maximum atomic E-state index is 12.4. The van der Waals surface area contributed by atoms with Crippen LogP contribution in [0, 0.1) is 0 Å². The van der Waals surface area contributed by atoms with Crippen LogP contribution in [0.4, 0.5) is 4.79 Å². The van der Waals surface area contributed by atoms with Crippen LogP contribution in [0.15, 0.2) is 55.1 Å². The van der Waals surface area contributed by atoms with Crippen LogP contribution >= 0.6 is 0 Å². The van der Waals surface area contributed by atoms with Crippen LogP contribution in [0.3, 0.4) is 0 Å². The number of carbonyl (C=O) groups is 3. The quantitative estimate of drug-likeness (QED) is 0.450. The van der Waals surface area contributed by atoms with Crippen molar-refractivity contribution in [2.45, 2.75) is 51.2 Å². The molecule has 1 aliphatic carbocycles. The first kappa shape index (κ1) is 24.8. The molecule has 0 bridgehead atoms. The van der Waals surface area contributed by atoms with Gasteiger partial charge in [-0.05, 0) is 57.4 Å². The van der Waals surface area contributed by atoms with E-state index in [0.29, 0.717) is 17.7 Å². The molecular weight excluding hydrogens is 438 g/mol. The van der Waals surface area contributed by atoms with Crippen molar-refractivity contribution in [2.24, 2.45) is 0 Å². The maximum absolute atomic E-state index is 12.4. The molecule has 0 fully saturated rings. The number of benzene rings is 2. The molecule has 0 radical (unpaired) electrons. The topological polar surface area (TPSA) is 111 Å². The Morgan fingerprint density at radius 2 is 1.82 bits per heavy atom. The Labute approximate surface area is 198 Å². The van der Waals surface area contributed by atoms with E-state index >= 15 is 0 Å². The van der Waals surface area contributed by atoms with Gasteiger partial charge in [0.15, 0.2) is 0 Å². The molecule has 8 heteroatoms. The largest absolute Gasteiger partial charge is 0.479 e. The lowest BCUT2D eigenvalue weighted by molar-refractivity contribution is -0.145. The van der Waals surface area contributed by atoms with E-state index in [1.807, 2.05) is 12.1 Å². The van der Waals surface area contributed by atoms with Crippen molar-refractivity contribution in [1.82, 2.24) is 5.32 Å². The lowest BCUT2D eigenvalue weighted by atomic mass is 9.77. The SMILES string of the molecule is C=CCOC(=O)c1ccccc1Oc1cccc2c1C[C@](NC(=O)OC(C)(C)C)(C(=O)O)CC2. The third-order valence-electron chi connectivity index (χ3n) is 5.34. The number of hydrogen-bond acceptors (Lipinski definition) is 6. The van der Waals surface area contributed by atoms with E-state index in [-0.39, 0.29) is 30.8 Å². The summed E-state index contributed by atoms with van der Waals surface area (Å²) in [6.07, 6.45) is 1.28. The van der Waals surface area contributed by atoms with Crippen molar-refractivity contribution in [3.8, 4) is 11.5 Å². The van der Waals surface area contributed by atoms with Gasteiger partial charge in [0.1, 0.15) is 34.8 Å². The molecule has 0 unspecified atom stereocenters. The van der Waals surface area contributed by atoms with Crippen molar-refractivity contribution >= 4 is 18.0 Å². The predicted octanol–water partition coefficient (Wildman–Crippen LogP) is 4.66. The molecule has 34 heavy (non-hydrogen) atoms.